The van der Waals surface area contributed by atoms with Crippen molar-refractivity contribution in [3.05, 3.63) is 18.5 Å². The average Bonchev–Trinajstić information content (AvgIpc) is 3.32. The number of carbonyl (C=O) groups excluding carboxylic acids is 1. The van der Waals surface area contributed by atoms with Crippen molar-refractivity contribution in [1.29, 1.82) is 0 Å². The molecule has 1 amide bonds. The fourth-order valence-electron chi connectivity index (χ4n) is 2.44. The van der Waals surface area contributed by atoms with Crippen LogP contribution in [0.3, 0.4) is 0 Å². The zero-order chi connectivity index (χ0) is 13.8. The van der Waals surface area contributed by atoms with Crippen LogP contribution in [-0.2, 0) is 4.79 Å². The Morgan fingerprint density at radius 3 is 2.55 bits per heavy atom. The number of piperazine rings is 1. The van der Waals surface area contributed by atoms with Crippen LogP contribution in [-0.4, -0.2) is 59.5 Å². The van der Waals surface area contributed by atoms with Crippen LogP contribution in [0.25, 0.3) is 0 Å². The van der Waals surface area contributed by atoms with E-state index in [1.165, 1.54) is 12.8 Å². The van der Waals surface area contributed by atoms with E-state index >= 15 is 0 Å². The molecule has 6 nitrogen and oxygen atoms in total. The summed E-state index contributed by atoms with van der Waals surface area (Å²) >= 11 is 0. The van der Waals surface area contributed by atoms with Crippen molar-refractivity contribution >= 4 is 11.9 Å². The molecule has 0 bridgehead atoms. The fourth-order valence-corrected chi connectivity index (χ4v) is 2.44. The van der Waals surface area contributed by atoms with Crippen LogP contribution in [0.15, 0.2) is 18.5 Å². The number of rotatable bonds is 5. The molecule has 0 atom stereocenters. The number of aromatic nitrogens is 2. The minimum Gasteiger partial charge on any atom is -0.339 e. The topological polar surface area (TPSA) is 61.4 Å². The first kappa shape index (κ1) is 13.3. The van der Waals surface area contributed by atoms with Gasteiger partial charge in [-0.1, -0.05) is 0 Å². The lowest BCUT2D eigenvalue weighted by Crippen LogP contribution is -2.49. The lowest BCUT2D eigenvalue weighted by Gasteiger charge is -2.34. The van der Waals surface area contributed by atoms with Crippen molar-refractivity contribution in [2.45, 2.75) is 25.3 Å². The zero-order valence-corrected chi connectivity index (χ0v) is 11.7. The van der Waals surface area contributed by atoms with Crippen LogP contribution in [0.5, 0.6) is 0 Å². The summed E-state index contributed by atoms with van der Waals surface area (Å²) in [5.74, 6) is 1.02. The van der Waals surface area contributed by atoms with E-state index in [1.54, 1.807) is 12.4 Å². The summed E-state index contributed by atoms with van der Waals surface area (Å²) in [6, 6.07) is 2.49. The van der Waals surface area contributed by atoms with Crippen molar-refractivity contribution in [1.82, 2.24) is 20.2 Å². The molecule has 1 aromatic heterocycles. The molecule has 0 spiro atoms. The molecule has 0 aromatic carbocycles. The van der Waals surface area contributed by atoms with Crippen molar-refractivity contribution in [3.8, 4) is 0 Å². The zero-order valence-electron chi connectivity index (χ0n) is 11.7. The van der Waals surface area contributed by atoms with Gasteiger partial charge in [-0.2, -0.15) is 0 Å². The third kappa shape index (κ3) is 3.45. The average molecular weight is 275 g/mol. The third-order valence-electron chi connectivity index (χ3n) is 3.82. The maximum atomic E-state index is 12.1. The highest BCUT2D eigenvalue weighted by atomic mass is 16.2. The monoisotopic (exact) mass is 275 g/mol. The van der Waals surface area contributed by atoms with E-state index in [0.717, 1.165) is 38.7 Å². The predicted molar refractivity (Wildman–Crippen MR) is 76.5 cm³/mol. The van der Waals surface area contributed by atoms with Crippen LogP contribution >= 0.6 is 0 Å². The smallest absolute Gasteiger partial charge is 0.225 e. The van der Waals surface area contributed by atoms with E-state index in [9.17, 15) is 4.79 Å². The van der Waals surface area contributed by atoms with Gasteiger partial charge in [-0.05, 0) is 18.9 Å². The molecule has 2 fully saturated rings. The lowest BCUT2D eigenvalue weighted by molar-refractivity contribution is -0.131. The van der Waals surface area contributed by atoms with Gasteiger partial charge in [0, 0.05) is 57.6 Å². The Hall–Kier alpha value is -1.69. The minimum atomic E-state index is 0.256. The van der Waals surface area contributed by atoms with Gasteiger partial charge in [0.25, 0.3) is 0 Å². The number of hydrogen-bond acceptors (Lipinski definition) is 5. The summed E-state index contributed by atoms with van der Waals surface area (Å²) in [4.78, 5) is 24.7. The van der Waals surface area contributed by atoms with Gasteiger partial charge < -0.3 is 15.1 Å². The summed E-state index contributed by atoms with van der Waals surface area (Å²) < 4.78 is 0. The molecule has 1 N–H and O–H groups in total. The van der Waals surface area contributed by atoms with E-state index < -0.39 is 0 Å². The summed E-state index contributed by atoms with van der Waals surface area (Å²) in [6.07, 6.45) is 6.65. The summed E-state index contributed by atoms with van der Waals surface area (Å²) in [5, 5.41) is 3.38. The van der Waals surface area contributed by atoms with Crippen LogP contribution in [0.1, 0.15) is 19.3 Å². The summed E-state index contributed by atoms with van der Waals surface area (Å²) in [6.45, 7) is 3.96. The Balaban J connectivity index is 1.42. The Morgan fingerprint density at radius 1 is 1.20 bits per heavy atom. The first-order valence-electron chi connectivity index (χ1n) is 7.36. The number of hydrogen-bond donors (Lipinski definition) is 1. The number of anilines is 1. The Bertz CT molecular complexity index is 440. The molecule has 3 rings (SSSR count). The van der Waals surface area contributed by atoms with Crippen LogP contribution in [0.2, 0.25) is 0 Å². The molecule has 108 valence electrons. The lowest BCUT2D eigenvalue weighted by atomic mass is 10.3. The first-order valence-corrected chi connectivity index (χ1v) is 7.36. The second kappa shape index (κ2) is 6.17. The van der Waals surface area contributed by atoms with Crippen molar-refractivity contribution < 1.29 is 4.79 Å². The van der Waals surface area contributed by atoms with Gasteiger partial charge in [-0.3, -0.25) is 4.79 Å². The van der Waals surface area contributed by atoms with Gasteiger partial charge in [0.05, 0.1) is 0 Å². The van der Waals surface area contributed by atoms with Crippen LogP contribution in [0.4, 0.5) is 5.95 Å². The molecule has 1 aliphatic carbocycles. The number of carbonyl (C=O) groups is 1. The quantitative estimate of drug-likeness (QED) is 0.835. The molecule has 1 aromatic rings. The molecule has 0 unspecified atom stereocenters. The maximum absolute atomic E-state index is 12.1. The van der Waals surface area contributed by atoms with Crippen LogP contribution < -0.4 is 10.2 Å². The normalized spacial score (nSPS) is 19.2. The minimum absolute atomic E-state index is 0.256. The molecule has 6 heteroatoms. The maximum Gasteiger partial charge on any atom is 0.225 e. The van der Waals surface area contributed by atoms with Crippen molar-refractivity contribution in [3.63, 3.8) is 0 Å². The molecular weight excluding hydrogens is 254 g/mol. The van der Waals surface area contributed by atoms with Gasteiger partial charge in [-0.15, -0.1) is 0 Å². The Morgan fingerprint density at radius 2 is 1.90 bits per heavy atom. The summed E-state index contributed by atoms with van der Waals surface area (Å²) in [5.41, 5.74) is 0. The molecule has 2 heterocycles. The predicted octanol–water partition coefficient (Wildman–Crippen LogP) is 0.267. The second-order valence-electron chi connectivity index (χ2n) is 5.40. The van der Waals surface area contributed by atoms with E-state index in [1.807, 2.05) is 11.0 Å². The Kier molecular flexibility index (Phi) is 4.11. The van der Waals surface area contributed by atoms with Gasteiger partial charge >= 0.3 is 0 Å². The molecule has 1 saturated carbocycles. The van der Waals surface area contributed by atoms with E-state index in [4.69, 9.17) is 0 Å². The second-order valence-corrected chi connectivity index (χ2v) is 5.40. The summed E-state index contributed by atoms with van der Waals surface area (Å²) in [7, 11) is 0. The highest BCUT2D eigenvalue weighted by molar-refractivity contribution is 5.76. The number of amides is 1. The number of nitrogens with one attached hydrogen (secondary N) is 1. The van der Waals surface area contributed by atoms with Crippen molar-refractivity contribution in [2.24, 2.45) is 0 Å². The molecule has 2 aliphatic rings. The first-order chi connectivity index (χ1) is 9.83. The van der Waals surface area contributed by atoms with Crippen LogP contribution in [0, 0.1) is 0 Å². The van der Waals surface area contributed by atoms with Gasteiger partial charge in [0.1, 0.15) is 0 Å². The van der Waals surface area contributed by atoms with E-state index in [0.29, 0.717) is 12.5 Å². The number of nitrogens with zero attached hydrogens (tertiary/aromatic N) is 4. The standard InChI is InChI=1S/C14H21N5O/c20-13(4-7-15-12-2-3-12)18-8-10-19(11-9-18)14-16-5-1-6-17-14/h1,5-6,12,15H,2-4,7-11H2. The van der Waals surface area contributed by atoms with Gasteiger partial charge in [0.2, 0.25) is 11.9 Å². The largest absolute Gasteiger partial charge is 0.339 e. The van der Waals surface area contributed by atoms with Gasteiger partial charge in [0.15, 0.2) is 0 Å². The van der Waals surface area contributed by atoms with Gasteiger partial charge in [-0.25, -0.2) is 9.97 Å². The SMILES string of the molecule is O=C(CCNC1CC1)N1CCN(c2ncccn2)CC1. The van der Waals surface area contributed by atoms with E-state index in [2.05, 4.69) is 20.2 Å². The molecular formula is C14H21N5O. The Labute approximate surface area is 119 Å². The van der Waals surface area contributed by atoms with Crippen molar-refractivity contribution in [2.75, 3.05) is 37.6 Å². The molecule has 1 aliphatic heterocycles. The third-order valence-corrected chi connectivity index (χ3v) is 3.82. The van der Waals surface area contributed by atoms with E-state index in [-0.39, 0.29) is 5.91 Å². The molecule has 1 saturated heterocycles. The highest BCUT2D eigenvalue weighted by Gasteiger charge is 2.23. The molecule has 0 radical (unpaired) electrons. The highest BCUT2D eigenvalue weighted by Crippen LogP contribution is 2.18. The fraction of sp³-hybridized carbons (Fsp3) is 0.643. The molecule has 20 heavy (non-hydrogen) atoms.